The Balaban J connectivity index is 1.73. The number of hydrogen-bond acceptors (Lipinski definition) is 7. The lowest BCUT2D eigenvalue weighted by atomic mass is 10.1. The molecule has 0 amide bonds. The van der Waals surface area contributed by atoms with Crippen LogP contribution >= 0.6 is 0 Å². The molecular formula is C28H26N4O5S. The Labute approximate surface area is 219 Å². The second kappa shape index (κ2) is 9.79. The van der Waals surface area contributed by atoms with E-state index in [-0.39, 0.29) is 32.9 Å². The van der Waals surface area contributed by atoms with Crippen LogP contribution in [0.3, 0.4) is 0 Å². The van der Waals surface area contributed by atoms with Crippen LogP contribution in [0.1, 0.15) is 11.1 Å². The molecule has 9 nitrogen and oxygen atoms in total. The van der Waals surface area contributed by atoms with Crippen LogP contribution in [0.15, 0.2) is 87.5 Å². The van der Waals surface area contributed by atoms with Crippen LogP contribution in [0.2, 0.25) is 0 Å². The summed E-state index contributed by atoms with van der Waals surface area (Å²) in [4.78, 5) is 17.9. The van der Waals surface area contributed by atoms with Gasteiger partial charge in [0, 0.05) is 12.7 Å². The summed E-state index contributed by atoms with van der Waals surface area (Å²) in [7, 11) is -0.989. The van der Waals surface area contributed by atoms with E-state index in [1.807, 2.05) is 19.1 Å². The van der Waals surface area contributed by atoms with Gasteiger partial charge < -0.3 is 14.0 Å². The van der Waals surface area contributed by atoms with Crippen LogP contribution in [0.4, 0.5) is 0 Å². The van der Waals surface area contributed by atoms with E-state index >= 15 is 0 Å². The molecule has 0 spiro atoms. The van der Waals surface area contributed by atoms with Gasteiger partial charge in [0.05, 0.1) is 24.5 Å². The quantitative estimate of drug-likeness (QED) is 0.322. The van der Waals surface area contributed by atoms with Crippen molar-refractivity contribution >= 4 is 26.5 Å². The molecule has 0 aliphatic rings. The van der Waals surface area contributed by atoms with Crippen LogP contribution in [-0.4, -0.2) is 36.6 Å². The average molecular weight is 531 g/mol. The summed E-state index contributed by atoms with van der Waals surface area (Å²) in [6, 6.07) is 18.3. The van der Waals surface area contributed by atoms with E-state index in [4.69, 9.17) is 14.9 Å². The van der Waals surface area contributed by atoms with Crippen molar-refractivity contribution < 1.29 is 17.9 Å². The molecule has 38 heavy (non-hydrogen) atoms. The van der Waals surface area contributed by atoms with Crippen molar-refractivity contribution in [2.24, 2.45) is 0 Å². The van der Waals surface area contributed by atoms with E-state index in [1.165, 1.54) is 27.2 Å². The number of fused-ring (bicyclic) bond motifs is 2. The molecule has 5 aromatic rings. The van der Waals surface area contributed by atoms with Gasteiger partial charge in [0.2, 0.25) is 9.84 Å². The van der Waals surface area contributed by atoms with Crippen molar-refractivity contribution in [3.63, 3.8) is 0 Å². The van der Waals surface area contributed by atoms with E-state index < -0.39 is 15.4 Å². The predicted molar refractivity (Wildman–Crippen MR) is 143 cm³/mol. The summed E-state index contributed by atoms with van der Waals surface area (Å²) in [5, 5.41) is 9.07. The molecule has 0 saturated carbocycles. The highest BCUT2D eigenvalue weighted by Crippen LogP contribution is 2.28. The van der Waals surface area contributed by atoms with Gasteiger partial charge in [0.25, 0.3) is 5.56 Å². The largest absolute Gasteiger partial charge is 0.493 e. The van der Waals surface area contributed by atoms with Gasteiger partial charge in [-0.2, -0.15) is 0 Å². The molecule has 0 aliphatic heterocycles. The third-order valence-corrected chi connectivity index (χ3v) is 8.26. The van der Waals surface area contributed by atoms with Gasteiger partial charge in [-0.15, -0.1) is 0 Å². The number of aryl methyl sites for hydroxylation is 3. The summed E-state index contributed by atoms with van der Waals surface area (Å²) in [6.07, 6.45) is 2.01. The van der Waals surface area contributed by atoms with Crippen LogP contribution in [0.25, 0.3) is 16.7 Å². The third-order valence-electron chi connectivity index (χ3n) is 6.48. The van der Waals surface area contributed by atoms with Gasteiger partial charge in [-0.25, -0.2) is 13.4 Å². The lowest BCUT2D eigenvalue weighted by Crippen LogP contribution is -2.30. The smallest absolute Gasteiger partial charge is 0.267 e. The van der Waals surface area contributed by atoms with Crippen molar-refractivity contribution in [2.75, 3.05) is 14.2 Å². The number of sulfone groups is 1. The molecule has 2 aromatic carbocycles. The molecule has 3 aromatic heterocycles. The van der Waals surface area contributed by atoms with E-state index in [0.717, 1.165) is 11.1 Å². The molecule has 1 N–H and O–H groups in total. The Kier molecular flexibility index (Phi) is 6.50. The Morgan fingerprint density at radius 2 is 1.68 bits per heavy atom. The maximum Gasteiger partial charge on any atom is 0.267 e. The van der Waals surface area contributed by atoms with Gasteiger partial charge in [-0.05, 0) is 61.4 Å². The first-order valence-corrected chi connectivity index (χ1v) is 13.3. The summed E-state index contributed by atoms with van der Waals surface area (Å²) in [5.41, 5.74) is 1.78. The zero-order valence-electron chi connectivity index (χ0n) is 21.1. The molecule has 3 heterocycles. The fourth-order valence-corrected chi connectivity index (χ4v) is 5.79. The highest BCUT2D eigenvalue weighted by molar-refractivity contribution is 7.91. The maximum absolute atomic E-state index is 13.7. The molecule has 0 fully saturated rings. The maximum atomic E-state index is 13.7. The number of methoxy groups -OCH3 is 2. The normalized spacial score (nSPS) is 11.7. The highest BCUT2D eigenvalue weighted by Gasteiger charge is 2.24. The van der Waals surface area contributed by atoms with Crippen LogP contribution < -0.4 is 20.5 Å². The van der Waals surface area contributed by atoms with Gasteiger partial charge in [-0.1, -0.05) is 29.8 Å². The molecule has 0 unspecified atom stereocenters. The summed E-state index contributed by atoms with van der Waals surface area (Å²) >= 11 is 0. The third kappa shape index (κ3) is 4.32. The lowest BCUT2D eigenvalue weighted by Gasteiger charge is -2.16. The lowest BCUT2D eigenvalue weighted by molar-refractivity contribution is 0.354. The SMILES string of the molecule is COc1ccc(CCn2c(=N)c(S(=O)(=O)c3ccc(C)cc3)cc3c(=O)n4ccccc4nc32)cc1OC. The fraction of sp³-hybridized carbons (Fsp3) is 0.179. The van der Waals surface area contributed by atoms with E-state index in [9.17, 15) is 13.2 Å². The molecule has 0 saturated heterocycles. The standard InChI is InChI=1S/C28H26N4O5S/c1-18-7-10-20(11-8-18)38(34,35)24-17-21-27(30-25-6-4-5-14-31(25)28(21)33)32(26(24)29)15-13-19-9-12-22(36-2)23(16-19)37-3/h4-12,14,16-17,29H,13,15H2,1-3H3. The first-order valence-electron chi connectivity index (χ1n) is 11.9. The van der Waals surface area contributed by atoms with Crippen LogP contribution in [-0.2, 0) is 22.8 Å². The monoisotopic (exact) mass is 530 g/mol. The highest BCUT2D eigenvalue weighted by atomic mass is 32.2. The average Bonchev–Trinajstić information content (AvgIpc) is 2.92. The number of hydrogen-bond donors (Lipinski definition) is 1. The van der Waals surface area contributed by atoms with E-state index in [1.54, 1.807) is 56.8 Å². The summed E-state index contributed by atoms with van der Waals surface area (Å²) < 4.78 is 40.9. The van der Waals surface area contributed by atoms with Gasteiger partial charge >= 0.3 is 0 Å². The molecule has 0 atom stereocenters. The molecule has 10 heteroatoms. The Bertz CT molecular complexity index is 1910. The van der Waals surface area contributed by atoms with Gasteiger partial charge in [0.15, 0.2) is 11.5 Å². The molecule has 0 radical (unpaired) electrons. The number of benzene rings is 2. The second-order valence-electron chi connectivity index (χ2n) is 8.85. The van der Waals surface area contributed by atoms with Gasteiger partial charge in [-0.3, -0.25) is 14.6 Å². The zero-order chi connectivity index (χ0) is 27.0. The number of pyridine rings is 2. The minimum atomic E-state index is -4.09. The molecule has 0 bridgehead atoms. The molecule has 0 aliphatic carbocycles. The minimum Gasteiger partial charge on any atom is -0.493 e. The second-order valence-corrected chi connectivity index (χ2v) is 10.8. The van der Waals surface area contributed by atoms with Crippen molar-refractivity contribution in [3.05, 3.63) is 99.9 Å². The molecule has 5 rings (SSSR count). The number of nitrogens with zero attached hydrogens (tertiary/aromatic N) is 3. The number of aromatic nitrogens is 3. The predicted octanol–water partition coefficient (Wildman–Crippen LogP) is 3.53. The topological polar surface area (TPSA) is 116 Å². The fourth-order valence-electron chi connectivity index (χ4n) is 4.41. The van der Waals surface area contributed by atoms with Crippen molar-refractivity contribution in [2.45, 2.75) is 29.7 Å². The zero-order valence-corrected chi connectivity index (χ0v) is 22.0. The van der Waals surface area contributed by atoms with Crippen molar-refractivity contribution in [3.8, 4) is 11.5 Å². The minimum absolute atomic E-state index is 0.0521. The Morgan fingerprint density at radius 1 is 0.947 bits per heavy atom. The number of rotatable bonds is 7. The van der Waals surface area contributed by atoms with E-state index in [2.05, 4.69) is 4.98 Å². The van der Waals surface area contributed by atoms with Crippen LogP contribution in [0.5, 0.6) is 11.5 Å². The van der Waals surface area contributed by atoms with Gasteiger partial charge in [0.1, 0.15) is 21.7 Å². The first-order chi connectivity index (χ1) is 18.2. The number of ether oxygens (including phenoxy) is 2. The molecule has 194 valence electrons. The number of nitrogens with one attached hydrogen (secondary N) is 1. The van der Waals surface area contributed by atoms with Crippen molar-refractivity contribution in [1.29, 1.82) is 5.41 Å². The Morgan fingerprint density at radius 3 is 2.39 bits per heavy atom. The Hall–Kier alpha value is -4.44. The summed E-state index contributed by atoms with van der Waals surface area (Å²) in [5.74, 6) is 1.15. The first kappa shape index (κ1) is 25.2. The van der Waals surface area contributed by atoms with Crippen LogP contribution in [0, 0.1) is 12.3 Å². The van der Waals surface area contributed by atoms with Crippen molar-refractivity contribution in [1.82, 2.24) is 14.0 Å². The van der Waals surface area contributed by atoms with E-state index in [0.29, 0.717) is 23.6 Å². The summed E-state index contributed by atoms with van der Waals surface area (Å²) in [6.45, 7) is 2.07. The molecular weight excluding hydrogens is 504 g/mol.